The van der Waals surface area contributed by atoms with Crippen molar-refractivity contribution in [2.24, 2.45) is 0 Å². The lowest BCUT2D eigenvalue weighted by atomic mass is 9.99. The third-order valence-corrected chi connectivity index (χ3v) is 3.44. The van der Waals surface area contributed by atoms with Crippen LogP contribution in [0.15, 0.2) is 0 Å². The summed E-state index contributed by atoms with van der Waals surface area (Å²) in [4.78, 5) is 0. The van der Waals surface area contributed by atoms with Gasteiger partial charge in [-0.2, -0.15) is 0 Å². The van der Waals surface area contributed by atoms with Crippen LogP contribution >= 0.6 is 11.6 Å². The summed E-state index contributed by atoms with van der Waals surface area (Å²) in [6, 6.07) is 0. The van der Waals surface area contributed by atoms with Gasteiger partial charge >= 0.3 is 0 Å². The maximum Gasteiger partial charge on any atom is 0.126 e. The van der Waals surface area contributed by atoms with Crippen molar-refractivity contribution < 1.29 is 4.74 Å². The first-order valence-corrected chi connectivity index (χ1v) is 5.98. The highest BCUT2D eigenvalue weighted by Gasteiger charge is 2.19. The molecule has 0 spiro atoms. The highest BCUT2D eigenvalue weighted by molar-refractivity contribution is 6.32. The minimum absolute atomic E-state index is 0.178. The summed E-state index contributed by atoms with van der Waals surface area (Å²) >= 11 is 6.28. The SMILES string of the molecule is Cc1c(C)c(OC(C)(C)C)c(C)c(C)c1Cl. The fourth-order valence-corrected chi connectivity index (χ4v) is 1.98. The summed E-state index contributed by atoms with van der Waals surface area (Å²) in [5.74, 6) is 0.979. The maximum absolute atomic E-state index is 6.28. The predicted octanol–water partition coefficient (Wildman–Crippen LogP) is 4.75. The molecule has 0 bridgehead atoms. The average Bonchev–Trinajstić information content (AvgIpc) is 2.17. The van der Waals surface area contributed by atoms with Gasteiger partial charge in [0.1, 0.15) is 11.4 Å². The third kappa shape index (κ3) is 2.52. The van der Waals surface area contributed by atoms with Gasteiger partial charge in [0, 0.05) is 5.02 Å². The Balaban J connectivity index is 3.40. The molecule has 1 rings (SSSR count). The van der Waals surface area contributed by atoms with E-state index < -0.39 is 0 Å². The zero-order valence-electron chi connectivity index (χ0n) is 11.3. The lowest BCUT2D eigenvalue weighted by Gasteiger charge is -2.26. The van der Waals surface area contributed by atoms with E-state index in [2.05, 4.69) is 34.6 Å². The second-order valence-corrected chi connectivity index (χ2v) is 5.74. The zero-order valence-corrected chi connectivity index (χ0v) is 12.0. The molecule has 1 nitrogen and oxygen atoms in total. The highest BCUT2D eigenvalue weighted by atomic mass is 35.5. The van der Waals surface area contributed by atoms with E-state index in [-0.39, 0.29) is 5.60 Å². The molecule has 0 aliphatic heterocycles. The molecule has 16 heavy (non-hydrogen) atoms. The van der Waals surface area contributed by atoms with Crippen LogP contribution in [0, 0.1) is 27.7 Å². The fourth-order valence-electron chi connectivity index (χ4n) is 1.69. The Kier molecular flexibility index (Phi) is 3.59. The molecule has 1 aromatic carbocycles. The Morgan fingerprint density at radius 2 is 1.19 bits per heavy atom. The van der Waals surface area contributed by atoms with Gasteiger partial charge in [0.15, 0.2) is 0 Å². The molecule has 0 aliphatic carbocycles. The normalized spacial score (nSPS) is 11.8. The molecule has 90 valence electrons. The van der Waals surface area contributed by atoms with E-state index in [0.29, 0.717) is 0 Å². The number of hydrogen-bond donors (Lipinski definition) is 0. The quantitative estimate of drug-likeness (QED) is 0.688. The van der Waals surface area contributed by atoms with Crippen molar-refractivity contribution in [3.05, 3.63) is 27.3 Å². The van der Waals surface area contributed by atoms with Gasteiger partial charge in [0.25, 0.3) is 0 Å². The zero-order chi connectivity index (χ0) is 12.7. The van der Waals surface area contributed by atoms with Crippen LogP contribution in [-0.4, -0.2) is 5.60 Å². The van der Waals surface area contributed by atoms with Crippen molar-refractivity contribution in [3.63, 3.8) is 0 Å². The molecule has 0 saturated carbocycles. The summed E-state index contributed by atoms with van der Waals surface area (Å²) in [5, 5.41) is 0.858. The first-order valence-electron chi connectivity index (χ1n) is 5.60. The van der Waals surface area contributed by atoms with Crippen LogP contribution in [0.5, 0.6) is 5.75 Å². The lowest BCUT2D eigenvalue weighted by Crippen LogP contribution is -2.24. The van der Waals surface area contributed by atoms with Crippen LogP contribution < -0.4 is 4.74 Å². The molecule has 2 heteroatoms. The summed E-state index contributed by atoms with van der Waals surface area (Å²) < 4.78 is 6.02. The van der Waals surface area contributed by atoms with E-state index in [1.807, 2.05) is 13.8 Å². The second-order valence-electron chi connectivity index (χ2n) is 5.36. The van der Waals surface area contributed by atoms with Crippen molar-refractivity contribution in [3.8, 4) is 5.75 Å². The van der Waals surface area contributed by atoms with E-state index in [4.69, 9.17) is 16.3 Å². The topological polar surface area (TPSA) is 9.23 Å². The molecule has 0 aliphatic rings. The fraction of sp³-hybridized carbons (Fsp3) is 0.571. The molecule has 0 fully saturated rings. The molecular weight excluding hydrogens is 220 g/mol. The minimum Gasteiger partial charge on any atom is -0.488 e. The molecular formula is C14H21ClO. The predicted molar refractivity (Wildman–Crippen MR) is 70.8 cm³/mol. The van der Waals surface area contributed by atoms with Gasteiger partial charge in [-0.1, -0.05) is 11.6 Å². The van der Waals surface area contributed by atoms with Crippen molar-refractivity contribution in [1.82, 2.24) is 0 Å². The smallest absolute Gasteiger partial charge is 0.126 e. The lowest BCUT2D eigenvalue weighted by molar-refractivity contribution is 0.128. The Bertz CT molecular complexity index is 385. The van der Waals surface area contributed by atoms with Crippen LogP contribution in [0.25, 0.3) is 0 Å². The monoisotopic (exact) mass is 240 g/mol. The van der Waals surface area contributed by atoms with Crippen LogP contribution in [0.3, 0.4) is 0 Å². The van der Waals surface area contributed by atoms with Gasteiger partial charge in [-0.05, 0) is 70.7 Å². The standard InChI is InChI=1S/C14H21ClO/c1-8-10(3)13(16-14(5,6)7)11(4)9(2)12(8)15/h1-7H3. The van der Waals surface area contributed by atoms with Crippen molar-refractivity contribution in [2.75, 3.05) is 0 Å². The van der Waals surface area contributed by atoms with Crippen molar-refractivity contribution in [2.45, 2.75) is 54.1 Å². The largest absolute Gasteiger partial charge is 0.488 e. The van der Waals surface area contributed by atoms with E-state index in [1.165, 1.54) is 0 Å². The van der Waals surface area contributed by atoms with Gasteiger partial charge in [0.2, 0.25) is 0 Å². The van der Waals surface area contributed by atoms with Crippen molar-refractivity contribution in [1.29, 1.82) is 0 Å². The average molecular weight is 241 g/mol. The second kappa shape index (κ2) is 4.29. The number of benzene rings is 1. The first-order chi connectivity index (χ1) is 7.15. The Labute approximate surface area is 104 Å². The summed E-state index contributed by atoms with van der Waals surface area (Å²) in [6.07, 6.45) is 0. The molecule has 0 saturated heterocycles. The van der Waals surface area contributed by atoms with Gasteiger partial charge < -0.3 is 4.74 Å². The number of rotatable bonds is 1. The van der Waals surface area contributed by atoms with Gasteiger partial charge in [-0.3, -0.25) is 0 Å². The highest BCUT2D eigenvalue weighted by Crippen LogP contribution is 2.36. The van der Waals surface area contributed by atoms with Gasteiger partial charge in [0.05, 0.1) is 0 Å². The van der Waals surface area contributed by atoms with E-state index in [0.717, 1.165) is 33.0 Å². The molecule has 0 aromatic heterocycles. The Morgan fingerprint density at radius 1 is 0.812 bits per heavy atom. The molecule has 0 unspecified atom stereocenters. The summed E-state index contributed by atoms with van der Waals surface area (Å²) in [7, 11) is 0. The minimum atomic E-state index is -0.178. The number of hydrogen-bond acceptors (Lipinski definition) is 1. The van der Waals surface area contributed by atoms with Crippen molar-refractivity contribution >= 4 is 11.6 Å². The Morgan fingerprint density at radius 3 is 1.50 bits per heavy atom. The van der Waals surface area contributed by atoms with E-state index in [9.17, 15) is 0 Å². The molecule has 0 N–H and O–H groups in total. The summed E-state index contributed by atoms with van der Waals surface area (Å²) in [6.45, 7) is 14.4. The van der Waals surface area contributed by atoms with E-state index >= 15 is 0 Å². The number of ether oxygens (including phenoxy) is 1. The van der Waals surface area contributed by atoms with E-state index in [1.54, 1.807) is 0 Å². The molecule has 0 radical (unpaired) electrons. The van der Waals surface area contributed by atoms with Crippen LogP contribution in [0.4, 0.5) is 0 Å². The van der Waals surface area contributed by atoms with Crippen LogP contribution in [-0.2, 0) is 0 Å². The summed E-state index contributed by atoms with van der Waals surface area (Å²) in [5.41, 5.74) is 4.33. The maximum atomic E-state index is 6.28. The number of halogens is 1. The molecule has 1 aromatic rings. The third-order valence-electron chi connectivity index (χ3n) is 2.87. The van der Waals surface area contributed by atoms with Gasteiger partial charge in [-0.25, -0.2) is 0 Å². The van der Waals surface area contributed by atoms with Crippen LogP contribution in [0.2, 0.25) is 5.02 Å². The molecule has 0 atom stereocenters. The molecule has 0 heterocycles. The van der Waals surface area contributed by atoms with Gasteiger partial charge in [-0.15, -0.1) is 0 Å². The molecule has 0 amide bonds. The van der Waals surface area contributed by atoms with Crippen LogP contribution in [0.1, 0.15) is 43.0 Å². The first kappa shape index (κ1) is 13.4. The Hall–Kier alpha value is -0.690.